The Balaban J connectivity index is 1.62. The van der Waals surface area contributed by atoms with E-state index in [1.807, 2.05) is 42.1 Å². The normalized spacial score (nSPS) is 10.1. The van der Waals surface area contributed by atoms with Gasteiger partial charge < -0.3 is 10.6 Å². The molecule has 0 aliphatic carbocycles. The molecule has 0 amide bonds. The van der Waals surface area contributed by atoms with Crippen molar-refractivity contribution >= 4 is 34.8 Å². The van der Waals surface area contributed by atoms with E-state index in [1.54, 1.807) is 0 Å². The fraction of sp³-hybridized carbons (Fsp3) is 0.235. The van der Waals surface area contributed by atoms with E-state index in [0.29, 0.717) is 5.11 Å². The molecule has 0 atom stereocenters. The molecule has 4 heteroatoms. The molecule has 2 rings (SSSR count). The Labute approximate surface area is 136 Å². The summed E-state index contributed by atoms with van der Waals surface area (Å²) in [5.74, 6) is 2.08. The van der Waals surface area contributed by atoms with Crippen LogP contribution in [0, 0.1) is 6.92 Å². The molecule has 0 heterocycles. The van der Waals surface area contributed by atoms with Crippen molar-refractivity contribution in [2.75, 3.05) is 17.6 Å². The number of thioether (sulfide) groups is 1. The van der Waals surface area contributed by atoms with Crippen molar-refractivity contribution in [2.24, 2.45) is 0 Å². The van der Waals surface area contributed by atoms with Gasteiger partial charge in [0.25, 0.3) is 0 Å². The first-order chi connectivity index (χ1) is 10.3. The third-order valence-corrected chi connectivity index (χ3v) is 4.34. The Morgan fingerprint density at radius 3 is 2.52 bits per heavy atom. The van der Waals surface area contributed by atoms with Crippen LogP contribution in [0.15, 0.2) is 54.6 Å². The van der Waals surface area contributed by atoms with Gasteiger partial charge in [0.1, 0.15) is 0 Å². The number of hydrogen-bond acceptors (Lipinski definition) is 2. The fourth-order valence-electron chi connectivity index (χ4n) is 1.89. The molecule has 0 saturated carbocycles. The van der Waals surface area contributed by atoms with Crippen LogP contribution in [0.2, 0.25) is 0 Å². The van der Waals surface area contributed by atoms with Crippen LogP contribution in [0.4, 0.5) is 5.69 Å². The van der Waals surface area contributed by atoms with Gasteiger partial charge in [-0.3, -0.25) is 0 Å². The van der Waals surface area contributed by atoms with E-state index >= 15 is 0 Å². The minimum absolute atomic E-state index is 0.678. The van der Waals surface area contributed by atoms with E-state index in [1.165, 1.54) is 11.1 Å². The molecule has 0 saturated heterocycles. The standard InChI is InChI=1S/C17H20N2S2/c1-14-7-5-6-8-15(14)13-21-12-11-18-17(20)19-16-9-3-2-4-10-16/h2-10H,11-13H2,1H3,(H2,18,19,20). The molecule has 0 unspecified atom stereocenters. The Hall–Kier alpha value is -1.52. The molecule has 2 aromatic carbocycles. The lowest BCUT2D eigenvalue weighted by atomic mass is 10.1. The van der Waals surface area contributed by atoms with Gasteiger partial charge in [-0.2, -0.15) is 11.8 Å². The summed E-state index contributed by atoms with van der Waals surface area (Å²) in [4.78, 5) is 0. The lowest BCUT2D eigenvalue weighted by Gasteiger charge is -2.10. The average Bonchev–Trinajstić information content (AvgIpc) is 2.50. The first-order valence-electron chi connectivity index (χ1n) is 6.98. The summed E-state index contributed by atoms with van der Waals surface area (Å²) in [7, 11) is 0. The van der Waals surface area contributed by atoms with E-state index in [4.69, 9.17) is 12.2 Å². The number of nitrogens with one attached hydrogen (secondary N) is 2. The van der Waals surface area contributed by atoms with Crippen LogP contribution in [0.3, 0.4) is 0 Å². The van der Waals surface area contributed by atoms with Crippen LogP contribution < -0.4 is 10.6 Å². The molecule has 110 valence electrons. The van der Waals surface area contributed by atoms with Gasteiger partial charge in [0.05, 0.1) is 0 Å². The third kappa shape index (κ3) is 5.78. The highest BCUT2D eigenvalue weighted by Gasteiger charge is 1.99. The van der Waals surface area contributed by atoms with Gasteiger partial charge in [0, 0.05) is 23.7 Å². The van der Waals surface area contributed by atoms with Crippen molar-refractivity contribution < 1.29 is 0 Å². The average molecular weight is 316 g/mol. The first-order valence-corrected chi connectivity index (χ1v) is 8.54. The lowest BCUT2D eigenvalue weighted by molar-refractivity contribution is 0.989. The second-order valence-electron chi connectivity index (χ2n) is 4.73. The quantitative estimate of drug-likeness (QED) is 0.616. The zero-order valence-corrected chi connectivity index (χ0v) is 13.8. The number of aryl methyl sites for hydroxylation is 1. The second-order valence-corrected chi connectivity index (χ2v) is 6.24. The summed E-state index contributed by atoms with van der Waals surface area (Å²) in [5, 5.41) is 7.08. The van der Waals surface area contributed by atoms with E-state index in [0.717, 1.165) is 23.7 Å². The summed E-state index contributed by atoms with van der Waals surface area (Å²) < 4.78 is 0. The molecule has 2 aromatic rings. The minimum atomic E-state index is 0.678. The molecular formula is C17H20N2S2. The van der Waals surface area contributed by atoms with Gasteiger partial charge in [-0.1, -0.05) is 42.5 Å². The van der Waals surface area contributed by atoms with Gasteiger partial charge in [0.15, 0.2) is 5.11 Å². The monoisotopic (exact) mass is 316 g/mol. The van der Waals surface area contributed by atoms with Crippen molar-refractivity contribution in [1.82, 2.24) is 5.32 Å². The molecule has 0 aromatic heterocycles. The van der Waals surface area contributed by atoms with Crippen LogP contribution >= 0.6 is 24.0 Å². The molecule has 2 N–H and O–H groups in total. The van der Waals surface area contributed by atoms with Crippen molar-refractivity contribution in [2.45, 2.75) is 12.7 Å². The minimum Gasteiger partial charge on any atom is -0.362 e. The van der Waals surface area contributed by atoms with E-state index in [-0.39, 0.29) is 0 Å². The SMILES string of the molecule is Cc1ccccc1CSCCNC(=S)Nc1ccccc1. The maximum absolute atomic E-state index is 5.27. The maximum Gasteiger partial charge on any atom is 0.170 e. The Morgan fingerprint density at radius 1 is 1.05 bits per heavy atom. The molecule has 0 fully saturated rings. The van der Waals surface area contributed by atoms with E-state index in [9.17, 15) is 0 Å². The summed E-state index contributed by atoms with van der Waals surface area (Å²) in [5.41, 5.74) is 3.79. The van der Waals surface area contributed by atoms with Crippen molar-refractivity contribution in [3.05, 3.63) is 65.7 Å². The second kappa shape index (κ2) is 8.70. The Bertz CT molecular complexity index is 570. The molecule has 0 aliphatic heterocycles. The third-order valence-electron chi connectivity index (χ3n) is 3.08. The van der Waals surface area contributed by atoms with Crippen molar-refractivity contribution in [3.63, 3.8) is 0 Å². The van der Waals surface area contributed by atoms with Gasteiger partial charge >= 0.3 is 0 Å². The van der Waals surface area contributed by atoms with Crippen LogP contribution in [0.5, 0.6) is 0 Å². The van der Waals surface area contributed by atoms with Gasteiger partial charge in [0.2, 0.25) is 0 Å². The predicted molar refractivity (Wildman–Crippen MR) is 98.0 cm³/mol. The molecule has 0 radical (unpaired) electrons. The van der Waals surface area contributed by atoms with Crippen molar-refractivity contribution in [1.29, 1.82) is 0 Å². The highest BCUT2D eigenvalue weighted by atomic mass is 32.2. The van der Waals surface area contributed by atoms with Gasteiger partial charge in [-0.25, -0.2) is 0 Å². The Kier molecular flexibility index (Phi) is 6.57. The molecular weight excluding hydrogens is 296 g/mol. The number of benzene rings is 2. The molecule has 0 spiro atoms. The maximum atomic E-state index is 5.27. The van der Waals surface area contributed by atoms with Crippen molar-refractivity contribution in [3.8, 4) is 0 Å². The first kappa shape index (κ1) is 15.9. The number of anilines is 1. The number of thiocarbonyl (C=S) groups is 1. The summed E-state index contributed by atoms with van der Waals surface area (Å²) in [6.07, 6.45) is 0. The van der Waals surface area contributed by atoms with E-state index in [2.05, 4.69) is 41.8 Å². The van der Waals surface area contributed by atoms with Crippen LogP contribution in [0.25, 0.3) is 0 Å². The largest absolute Gasteiger partial charge is 0.362 e. The highest BCUT2D eigenvalue weighted by Crippen LogP contribution is 2.15. The topological polar surface area (TPSA) is 24.1 Å². The zero-order valence-electron chi connectivity index (χ0n) is 12.1. The zero-order chi connectivity index (χ0) is 14.9. The fourth-order valence-corrected chi connectivity index (χ4v) is 3.04. The lowest BCUT2D eigenvalue weighted by Crippen LogP contribution is -2.30. The smallest absolute Gasteiger partial charge is 0.170 e. The van der Waals surface area contributed by atoms with E-state index < -0.39 is 0 Å². The molecule has 2 nitrogen and oxygen atoms in total. The van der Waals surface area contributed by atoms with Crippen LogP contribution in [-0.2, 0) is 5.75 Å². The van der Waals surface area contributed by atoms with Gasteiger partial charge in [-0.05, 0) is 42.4 Å². The van der Waals surface area contributed by atoms with Gasteiger partial charge in [-0.15, -0.1) is 0 Å². The van der Waals surface area contributed by atoms with Crippen LogP contribution in [-0.4, -0.2) is 17.4 Å². The summed E-state index contributed by atoms with van der Waals surface area (Å²) >= 11 is 7.19. The number of hydrogen-bond donors (Lipinski definition) is 2. The molecule has 0 aliphatic rings. The summed E-state index contributed by atoms with van der Waals surface area (Å²) in [6, 6.07) is 18.5. The van der Waals surface area contributed by atoms with Crippen LogP contribution in [0.1, 0.15) is 11.1 Å². The Morgan fingerprint density at radius 2 is 1.76 bits per heavy atom. The number of para-hydroxylation sites is 1. The molecule has 0 bridgehead atoms. The predicted octanol–water partition coefficient (Wildman–Crippen LogP) is 4.21. The highest BCUT2D eigenvalue weighted by molar-refractivity contribution is 7.98. The number of rotatable bonds is 6. The molecule has 21 heavy (non-hydrogen) atoms. The summed E-state index contributed by atoms with van der Waals surface area (Å²) in [6.45, 7) is 3.03.